The first-order valence-corrected chi connectivity index (χ1v) is 9.41. The lowest BCUT2D eigenvalue weighted by atomic mass is 10.1. The molecule has 0 amide bonds. The minimum Gasteiger partial charge on any atom is -0.393 e. The van der Waals surface area contributed by atoms with Gasteiger partial charge in [-0.1, -0.05) is 17.7 Å². The summed E-state index contributed by atoms with van der Waals surface area (Å²) in [4.78, 5) is 2.38. The van der Waals surface area contributed by atoms with E-state index in [1.54, 1.807) is 12.1 Å². The minimum absolute atomic E-state index is 0.126. The molecule has 1 aliphatic heterocycles. The number of nitrogens with one attached hydrogen (secondary N) is 1. The molecule has 2 N–H and O–H groups in total. The number of hydrogen-bond donors (Lipinski definition) is 2. The number of nitrogens with zero attached hydrogens (tertiary/aromatic N) is 1. The van der Waals surface area contributed by atoms with Gasteiger partial charge in [-0.3, -0.25) is 0 Å². The molecule has 0 aromatic heterocycles. The monoisotopic (exact) mass is 346 g/mol. The molecule has 22 heavy (non-hydrogen) atoms. The third-order valence-electron chi connectivity index (χ3n) is 3.88. The zero-order valence-corrected chi connectivity index (χ0v) is 14.3. The van der Waals surface area contributed by atoms with Crippen LogP contribution in [-0.4, -0.2) is 50.7 Å². The molecule has 124 valence electrons. The molecule has 0 unspecified atom stereocenters. The molecule has 1 aromatic carbocycles. The van der Waals surface area contributed by atoms with Crippen molar-refractivity contribution in [2.24, 2.45) is 0 Å². The number of likely N-dealkylation sites (tertiary alicyclic amines) is 1. The SMILES string of the molecule is Cc1ccc(S(=O)(=O)NCCCN2CCC(O)CC2)c(Cl)c1. The zero-order valence-electron chi connectivity index (χ0n) is 12.8. The molecule has 0 radical (unpaired) electrons. The molecule has 1 saturated heterocycles. The number of aliphatic hydroxyl groups is 1. The van der Waals surface area contributed by atoms with Gasteiger partial charge in [0.15, 0.2) is 0 Å². The number of halogens is 1. The lowest BCUT2D eigenvalue weighted by Crippen LogP contribution is -2.37. The zero-order chi connectivity index (χ0) is 16.2. The smallest absolute Gasteiger partial charge is 0.242 e. The second-order valence-corrected chi connectivity index (χ2v) is 7.90. The molecular weight excluding hydrogens is 324 g/mol. The highest BCUT2D eigenvalue weighted by molar-refractivity contribution is 7.89. The van der Waals surface area contributed by atoms with Crippen LogP contribution in [0.2, 0.25) is 5.02 Å². The number of sulfonamides is 1. The molecule has 1 aliphatic rings. The first kappa shape index (κ1) is 17.7. The van der Waals surface area contributed by atoms with Crippen LogP contribution in [0.4, 0.5) is 0 Å². The molecule has 1 aromatic rings. The summed E-state index contributed by atoms with van der Waals surface area (Å²) >= 11 is 6.01. The van der Waals surface area contributed by atoms with E-state index in [4.69, 9.17) is 11.6 Å². The second kappa shape index (κ2) is 7.75. The maximum atomic E-state index is 12.2. The highest BCUT2D eigenvalue weighted by Gasteiger charge is 2.19. The summed E-state index contributed by atoms with van der Waals surface area (Å²) in [5, 5.41) is 9.69. The fraction of sp³-hybridized carbons (Fsp3) is 0.600. The predicted octanol–water partition coefficient (Wildman–Crippen LogP) is 1.77. The van der Waals surface area contributed by atoms with E-state index in [2.05, 4.69) is 9.62 Å². The molecule has 0 saturated carbocycles. The van der Waals surface area contributed by atoms with Crippen LogP contribution in [0.25, 0.3) is 0 Å². The number of rotatable bonds is 6. The predicted molar refractivity (Wildman–Crippen MR) is 87.7 cm³/mol. The van der Waals surface area contributed by atoms with Crippen molar-refractivity contribution in [2.75, 3.05) is 26.2 Å². The molecular formula is C15H23ClN2O3S. The van der Waals surface area contributed by atoms with Crippen LogP contribution in [0.5, 0.6) is 0 Å². The van der Waals surface area contributed by atoms with Gasteiger partial charge in [-0.05, 0) is 50.4 Å². The van der Waals surface area contributed by atoms with E-state index < -0.39 is 10.0 Å². The lowest BCUT2D eigenvalue weighted by molar-refractivity contribution is 0.0823. The normalized spacial score (nSPS) is 17.8. The van der Waals surface area contributed by atoms with Gasteiger partial charge in [-0.2, -0.15) is 0 Å². The third-order valence-corrected chi connectivity index (χ3v) is 5.82. The van der Waals surface area contributed by atoms with Crippen molar-refractivity contribution >= 4 is 21.6 Å². The van der Waals surface area contributed by atoms with E-state index in [0.29, 0.717) is 6.54 Å². The van der Waals surface area contributed by atoms with E-state index in [1.807, 2.05) is 6.92 Å². The van der Waals surface area contributed by atoms with Crippen LogP contribution in [0, 0.1) is 6.92 Å². The topological polar surface area (TPSA) is 69.6 Å². The maximum absolute atomic E-state index is 12.2. The Kier molecular flexibility index (Phi) is 6.23. The summed E-state index contributed by atoms with van der Waals surface area (Å²) < 4.78 is 27.0. The fourth-order valence-corrected chi connectivity index (χ4v) is 4.22. The van der Waals surface area contributed by atoms with Crippen LogP contribution >= 0.6 is 11.6 Å². The fourth-order valence-electron chi connectivity index (χ4n) is 2.55. The molecule has 7 heteroatoms. The summed E-state index contributed by atoms with van der Waals surface area (Å²) in [5.41, 5.74) is 0.927. The van der Waals surface area contributed by atoms with Crippen molar-refractivity contribution < 1.29 is 13.5 Å². The first-order valence-electron chi connectivity index (χ1n) is 7.55. The van der Waals surface area contributed by atoms with Crippen LogP contribution in [0.15, 0.2) is 23.1 Å². The Bertz CT molecular complexity index is 599. The van der Waals surface area contributed by atoms with Gasteiger partial charge in [0.25, 0.3) is 0 Å². The van der Waals surface area contributed by atoms with Gasteiger partial charge in [-0.15, -0.1) is 0 Å². The Balaban J connectivity index is 1.80. The highest BCUT2D eigenvalue weighted by atomic mass is 35.5. The van der Waals surface area contributed by atoms with Crippen molar-refractivity contribution in [1.82, 2.24) is 9.62 Å². The second-order valence-electron chi connectivity index (χ2n) is 5.76. The van der Waals surface area contributed by atoms with Gasteiger partial charge in [-0.25, -0.2) is 13.1 Å². The van der Waals surface area contributed by atoms with Crippen molar-refractivity contribution in [2.45, 2.75) is 37.2 Å². The van der Waals surface area contributed by atoms with Crippen LogP contribution < -0.4 is 4.72 Å². The van der Waals surface area contributed by atoms with Gasteiger partial charge in [0.05, 0.1) is 11.1 Å². The molecule has 0 atom stereocenters. The minimum atomic E-state index is -3.56. The van der Waals surface area contributed by atoms with E-state index >= 15 is 0 Å². The van der Waals surface area contributed by atoms with Crippen molar-refractivity contribution in [3.8, 4) is 0 Å². The number of piperidine rings is 1. The molecule has 1 heterocycles. The van der Waals surface area contributed by atoms with Crippen molar-refractivity contribution in [3.05, 3.63) is 28.8 Å². The van der Waals surface area contributed by atoms with Gasteiger partial charge in [0.1, 0.15) is 4.90 Å². The van der Waals surface area contributed by atoms with E-state index in [-0.39, 0.29) is 16.0 Å². The van der Waals surface area contributed by atoms with Gasteiger partial charge < -0.3 is 10.0 Å². The Morgan fingerprint density at radius 3 is 2.68 bits per heavy atom. The average Bonchev–Trinajstić information content (AvgIpc) is 2.45. The molecule has 0 spiro atoms. The Hall–Kier alpha value is -0.660. The average molecular weight is 347 g/mol. The molecule has 0 aliphatic carbocycles. The molecule has 2 rings (SSSR count). The van der Waals surface area contributed by atoms with Gasteiger partial charge in [0, 0.05) is 19.6 Å². The standard InChI is InChI=1S/C15H23ClN2O3S/c1-12-3-4-15(14(16)11-12)22(20,21)17-7-2-8-18-9-5-13(19)6-10-18/h3-4,11,13,17,19H,2,5-10H2,1H3. The summed E-state index contributed by atoms with van der Waals surface area (Å²) in [6.45, 7) is 4.82. The van der Waals surface area contributed by atoms with E-state index in [0.717, 1.165) is 44.5 Å². The van der Waals surface area contributed by atoms with Gasteiger partial charge >= 0.3 is 0 Å². The Labute approximate surface area is 137 Å². The summed E-state index contributed by atoms with van der Waals surface area (Å²) in [6, 6.07) is 4.92. The quantitative estimate of drug-likeness (QED) is 0.770. The van der Waals surface area contributed by atoms with Crippen molar-refractivity contribution in [1.29, 1.82) is 0 Å². The Morgan fingerprint density at radius 2 is 2.05 bits per heavy atom. The maximum Gasteiger partial charge on any atom is 0.242 e. The summed E-state index contributed by atoms with van der Waals surface area (Å²) in [5.74, 6) is 0. The van der Waals surface area contributed by atoms with Crippen LogP contribution in [-0.2, 0) is 10.0 Å². The molecule has 1 fully saturated rings. The van der Waals surface area contributed by atoms with Crippen LogP contribution in [0.1, 0.15) is 24.8 Å². The van der Waals surface area contributed by atoms with Crippen LogP contribution in [0.3, 0.4) is 0 Å². The molecule has 0 bridgehead atoms. The lowest BCUT2D eigenvalue weighted by Gasteiger charge is -2.29. The first-order chi connectivity index (χ1) is 10.4. The Morgan fingerprint density at radius 1 is 1.36 bits per heavy atom. The largest absolute Gasteiger partial charge is 0.393 e. The van der Waals surface area contributed by atoms with E-state index in [9.17, 15) is 13.5 Å². The number of aryl methyl sites for hydroxylation is 1. The third kappa shape index (κ3) is 4.93. The van der Waals surface area contributed by atoms with E-state index in [1.165, 1.54) is 6.07 Å². The highest BCUT2D eigenvalue weighted by Crippen LogP contribution is 2.22. The summed E-state index contributed by atoms with van der Waals surface area (Å²) in [7, 11) is -3.56. The number of benzene rings is 1. The van der Waals surface area contributed by atoms with Crippen molar-refractivity contribution in [3.63, 3.8) is 0 Å². The van der Waals surface area contributed by atoms with Gasteiger partial charge in [0.2, 0.25) is 10.0 Å². The summed E-state index contributed by atoms with van der Waals surface area (Å²) in [6.07, 6.45) is 2.15. The number of aliphatic hydroxyl groups excluding tert-OH is 1. The molecule has 5 nitrogen and oxygen atoms in total. The number of hydrogen-bond acceptors (Lipinski definition) is 4.